The Kier molecular flexibility index (Phi) is 7.69. The van der Waals surface area contributed by atoms with E-state index in [1.54, 1.807) is 20.4 Å². The lowest BCUT2D eigenvalue weighted by Crippen LogP contribution is -2.37. The minimum atomic E-state index is 0.718. The number of aliphatic imine (C=N–C) groups is 1. The molecule has 0 amide bonds. The fourth-order valence-electron chi connectivity index (χ4n) is 3.14. The predicted octanol–water partition coefficient (Wildman–Crippen LogP) is 3.24. The Hall–Kier alpha value is -3.28. The first-order valence-corrected chi connectivity index (χ1v) is 9.90. The number of aromatic nitrogens is 2. The van der Waals surface area contributed by atoms with Crippen LogP contribution in [0.2, 0.25) is 0 Å². The van der Waals surface area contributed by atoms with Crippen LogP contribution in [0.25, 0.3) is 0 Å². The van der Waals surface area contributed by atoms with Gasteiger partial charge in [-0.25, -0.2) is 0 Å². The van der Waals surface area contributed by atoms with Crippen molar-refractivity contribution in [1.29, 1.82) is 0 Å². The van der Waals surface area contributed by atoms with Crippen LogP contribution >= 0.6 is 0 Å². The molecule has 0 aliphatic heterocycles. The molecule has 1 aromatic heterocycles. The molecule has 2 aromatic carbocycles. The van der Waals surface area contributed by atoms with E-state index in [0.29, 0.717) is 0 Å². The van der Waals surface area contributed by atoms with Crippen molar-refractivity contribution in [2.24, 2.45) is 4.99 Å². The van der Waals surface area contributed by atoms with Crippen molar-refractivity contribution >= 4 is 5.96 Å². The van der Waals surface area contributed by atoms with E-state index in [1.165, 1.54) is 16.7 Å². The predicted molar refractivity (Wildman–Crippen MR) is 117 cm³/mol. The van der Waals surface area contributed by atoms with Crippen molar-refractivity contribution in [3.05, 3.63) is 83.7 Å². The zero-order valence-electron chi connectivity index (χ0n) is 17.1. The van der Waals surface area contributed by atoms with Gasteiger partial charge in [-0.05, 0) is 47.7 Å². The standard InChI is InChI=1S/C23H29N5O/c1-24-23(25-14-5-7-19-10-12-22(29-2)13-11-19)26-17-20-8-3-4-9-21(20)18-28-16-6-15-27-28/h3-4,6,8-13,15-16H,5,7,14,17-18H2,1-2H3,(H2,24,25,26). The zero-order valence-corrected chi connectivity index (χ0v) is 17.1. The maximum absolute atomic E-state index is 5.20. The number of nitrogens with one attached hydrogen (secondary N) is 2. The third-order valence-corrected chi connectivity index (χ3v) is 4.77. The molecule has 0 unspecified atom stereocenters. The van der Waals surface area contributed by atoms with Crippen molar-refractivity contribution in [2.75, 3.05) is 20.7 Å². The van der Waals surface area contributed by atoms with Gasteiger partial charge in [0.05, 0.1) is 13.7 Å². The summed E-state index contributed by atoms with van der Waals surface area (Å²) in [5.41, 5.74) is 3.80. The number of nitrogens with zero attached hydrogens (tertiary/aromatic N) is 3. The van der Waals surface area contributed by atoms with Crippen LogP contribution in [0, 0.1) is 0 Å². The second-order valence-corrected chi connectivity index (χ2v) is 6.78. The Labute approximate surface area is 172 Å². The third kappa shape index (κ3) is 6.38. The molecule has 0 spiro atoms. The minimum Gasteiger partial charge on any atom is -0.497 e. The van der Waals surface area contributed by atoms with Crippen molar-refractivity contribution in [3.8, 4) is 5.75 Å². The van der Waals surface area contributed by atoms with Gasteiger partial charge in [0, 0.05) is 32.5 Å². The molecule has 6 heteroatoms. The number of hydrogen-bond acceptors (Lipinski definition) is 3. The van der Waals surface area contributed by atoms with Gasteiger partial charge in [0.25, 0.3) is 0 Å². The van der Waals surface area contributed by atoms with Crippen molar-refractivity contribution in [1.82, 2.24) is 20.4 Å². The first kappa shape index (κ1) is 20.5. The molecule has 152 valence electrons. The molecular weight excluding hydrogens is 362 g/mol. The number of ether oxygens (including phenoxy) is 1. The van der Waals surface area contributed by atoms with Gasteiger partial charge < -0.3 is 15.4 Å². The van der Waals surface area contributed by atoms with E-state index in [0.717, 1.165) is 44.2 Å². The fourth-order valence-corrected chi connectivity index (χ4v) is 3.14. The molecule has 0 aliphatic carbocycles. The van der Waals surface area contributed by atoms with Gasteiger partial charge in [-0.3, -0.25) is 9.67 Å². The summed E-state index contributed by atoms with van der Waals surface area (Å²) in [6, 6.07) is 18.6. The van der Waals surface area contributed by atoms with Gasteiger partial charge in [-0.1, -0.05) is 36.4 Å². The van der Waals surface area contributed by atoms with Crippen molar-refractivity contribution in [2.45, 2.75) is 25.9 Å². The summed E-state index contributed by atoms with van der Waals surface area (Å²) in [5, 5.41) is 11.1. The molecule has 29 heavy (non-hydrogen) atoms. The first-order chi connectivity index (χ1) is 14.3. The van der Waals surface area contributed by atoms with Crippen molar-refractivity contribution in [3.63, 3.8) is 0 Å². The normalized spacial score (nSPS) is 11.3. The number of hydrogen-bond donors (Lipinski definition) is 2. The van der Waals surface area contributed by atoms with Crippen LogP contribution in [0.15, 0.2) is 72.0 Å². The number of guanidine groups is 1. The van der Waals surface area contributed by atoms with E-state index in [1.807, 2.05) is 29.1 Å². The van der Waals surface area contributed by atoms with Crippen LogP contribution in [0.1, 0.15) is 23.1 Å². The van der Waals surface area contributed by atoms with Gasteiger partial charge in [0.2, 0.25) is 0 Å². The molecule has 0 saturated heterocycles. The number of aryl methyl sites for hydroxylation is 1. The van der Waals surface area contributed by atoms with Gasteiger partial charge in [-0.2, -0.15) is 5.10 Å². The summed E-state index contributed by atoms with van der Waals surface area (Å²) in [6.07, 6.45) is 5.83. The summed E-state index contributed by atoms with van der Waals surface area (Å²) < 4.78 is 7.14. The second kappa shape index (κ2) is 10.9. The monoisotopic (exact) mass is 391 g/mol. The summed E-state index contributed by atoms with van der Waals surface area (Å²) >= 11 is 0. The number of methoxy groups -OCH3 is 1. The summed E-state index contributed by atoms with van der Waals surface area (Å²) in [7, 11) is 3.49. The highest BCUT2D eigenvalue weighted by molar-refractivity contribution is 5.79. The molecule has 0 fully saturated rings. The van der Waals surface area contributed by atoms with E-state index in [-0.39, 0.29) is 0 Å². The van der Waals surface area contributed by atoms with Crippen LogP contribution < -0.4 is 15.4 Å². The smallest absolute Gasteiger partial charge is 0.191 e. The van der Waals surface area contributed by atoms with Crippen LogP contribution in [-0.2, 0) is 19.5 Å². The van der Waals surface area contributed by atoms with Gasteiger partial charge in [-0.15, -0.1) is 0 Å². The lowest BCUT2D eigenvalue weighted by molar-refractivity contribution is 0.414. The molecule has 0 saturated carbocycles. The van der Waals surface area contributed by atoms with E-state index in [2.05, 4.69) is 57.1 Å². The van der Waals surface area contributed by atoms with Crippen molar-refractivity contribution < 1.29 is 4.74 Å². The Bertz CT molecular complexity index is 888. The molecular formula is C23H29N5O. The Morgan fingerprint density at radius 1 is 1.03 bits per heavy atom. The second-order valence-electron chi connectivity index (χ2n) is 6.78. The van der Waals surface area contributed by atoms with Gasteiger partial charge in [0.1, 0.15) is 5.75 Å². The molecule has 3 aromatic rings. The maximum atomic E-state index is 5.20. The Balaban J connectivity index is 1.44. The Morgan fingerprint density at radius 2 is 1.83 bits per heavy atom. The van der Waals surface area contributed by atoms with Gasteiger partial charge in [0.15, 0.2) is 5.96 Å². The average molecular weight is 392 g/mol. The van der Waals surface area contributed by atoms with Crippen LogP contribution in [0.5, 0.6) is 5.75 Å². The summed E-state index contributed by atoms with van der Waals surface area (Å²) in [4.78, 5) is 4.34. The quantitative estimate of drug-likeness (QED) is 0.334. The zero-order chi connectivity index (χ0) is 20.3. The minimum absolute atomic E-state index is 0.718. The summed E-state index contributed by atoms with van der Waals surface area (Å²) in [5.74, 6) is 1.71. The highest BCUT2D eigenvalue weighted by Crippen LogP contribution is 2.12. The van der Waals surface area contributed by atoms with Crippen LogP contribution in [-0.4, -0.2) is 36.4 Å². The van der Waals surface area contributed by atoms with E-state index >= 15 is 0 Å². The molecule has 0 atom stereocenters. The van der Waals surface area contributed by atoms with Gasteiger partial charge >= 0.3 is 0 Å². The highest BCUT2D eigenvalue weighted by atomic mass is 16.5. The topological polar surface area (TPSA) is 63.5 Å². The van der Waals surface area contributed by atoms with E-state index in [9.17, 15) is 0 Å². The molecule has 0 bridgehead atoms. The Morgan fingerprint density at radius 3 is 2.52 bits per heavy atom. The van der Waals surface area contributed by atoms with E-state index in [4.69, 9.17) is 4.74 Å². The summed E-state index contributed by atoms with van der Waals surface area (Å²) in [6.45, 7) is 2.34. The highest BCUT2D eigenvalue weighted by Gasteiger charge is 2.05. The third-order valence-electron chi connectivity index (χ3n) is 4.77. The average Bonchev–Trinajstić information content (AvgIpc) is 3.28. The number of benzene rings is 2. The van der Waals surface area contributed by atoms with Crippen LogP contribution in [0.4, 0.5) is 0 Å². The van der Waals surface area contributed by atoms with E-state index < -0.39 is 0 Å². The lowest BCUT2D eigenvalue weighted by Gasteiger charge is -2.14. The lowest BCUT2D eigenvalue weighted by atomic mass is 10.1. The maximum Gasteiger partial charge on any atom is 0.191 e. The van der Waals surface area contributed by atoms with Crippen LogP contribution in [0.3, 0.4) is 0 Å². The molecule has 0 radical (unpaired) electrons. The SMILES string of the molecule is CN=C(NCCCc1ccc(OC)cc1)NCc1ccccc1Cn1cccn1. The molecule has 3 rings (SSSR count). The largest absolute Gasteiger partial charge is 0.497 e. The first-order valence-electron chi connectivity index (χ1n) is 9.90. The molecule has 2 N–H and O–H groups in total. The number of rotatable bonds is 9. The molecule has 0 aliphatic rings. The molecule has 6 nitrogen and oxygen atoms in total. The molecule has 1 heterocycles. The fraction of sp³-hybridized carbons (Fsp3) is 0.304.